The minimum Gasteiger partial charge on any atom is -0.378 e. The predicted molar refractivity (Wildman–Crippen MR) is 118 cm³/mol. The maximum Gasteiger partial charge on any atom is 0.293 e. The van der Waals surface area contributed by atoms with E-state index in [2.05, 4.69) is 5.32 Å². The molecule has 29 heavy (non-hydrogen) atoms. The number of imide groups is 1. The van der Waals surface area contributed by atoms with Gasteiger partial charge in [0.2, 0.25) is 5.91 Å². The highest BCUT2D eigenvalue weighted by molar-refractivity contribution is 8.18. The summed E-state index contributed by atoms with van der Waals surface area (Å²) in [6, 6.07) is 15.2. The van der Waals surface area contributed by atoms with E-state index in [-0.39, 0.29) is 30.0 Å². The fourth-order valence-corrected chi connectivity index (χ4v) is 3.72. The highest BCUT2D eigenvalue weighted by Gasteiger charge is 2.35. The number of nitrogens with one attached hydrogen (secondary N) is 1. The third-order valence-electron chi connectivity index (χ3n) is 4.56. The zero-order valence-corrected chi connectivity index (χ0v) is 17.5. The van der Waals surface area contributed by atoms with E-state index < -0.39 is 0 Å². The second-order valence-electron chi connectivity index (χ2n) is 6.93. The number of hydrogen-bond acceptors (Lipinski definition) is 5. The molecule has 0 radical (unpaired) electrons. The van der Waals surface area contributed by atoms with Crippen LogP contribution in [-0.4, -0.2) is 42.6 Å². The molecule has 2 aromatic rings. The van der Waals surface area contributed by atoms with E-state index in [9.17, 15) is 14.4 Å². The minimum absolute atomic E-state index is 0.0528. The van der Waals surface area contributed by atoms with Crippen molar-refractivity contribution in [2.45, 2.75) is 13.3 Å². The van der Waals surface area contributed by atoms with Crippen LogP contribution in [-0.2, 0) is 9.59 Å². The van der Waals surface area contributed by atoms with Gasteiger partial charge in [-0.2, -0.15) is 0 Å². The fraction of sp³-hybridized carbons (Fsp3) is 0.227. The molecule has 0 unspecified atom stereocenters. The number of carbonyl (C=O) groups is 3. The first kappa shape index (κ1) is 20.7. The van der Waals surface area contributed by atoms with Crippen LogP contribution in [0.3, 0.4) is 0 Å². The first-order valence-electron chi connectivity index (χ1n) is 9.23. The topological polar surface area (TPSA) is 69.7 Å². The maximum absolute atomic E-state index is 12.6. The Balaban J connectivity index is 1.61. The third kappa shape index (κ3) is 5.06. The summed E-state index contributed by atoms with van der Waals surface area (Å²) in [5, 5.41) is 2.46. The number of carbonyl (C=O) groups excluding carboxylic acids is 3. The second-order valence-corrected chi connectivity index (χ2v) is 7.93. The van der Waals surface area contributed by atoms with E-state index in [1.807, 2.05) is 74.4 Å². The van der Waals surface area contributed by atoms with Crippen LogP contribution in [0, 0.1) is 6.92 Å². The van der Waals surface area contributed by atoms with E-state index >= 15 is 0 Å². The minimum atomic E-state index is -0.361. The average molecular weight is 410 g/mol. The number of hydrogen-bond donors (Lipinski definition) is 1. The number of amides is 3. The zero-order valence-electron chi connectivity index (χ0n) is 16.6. The molecule has 7 heteroatoms. The molecule has 0 bridgehead atoms. The third-order valence-corrected chi connectivity index (χ3v) is 5.47. The summed E-state index contributed by atoms with van der Waals surface area (Å²) < 4.78 is 0. The molecule has 0 aromatic heterocycles. The lowest BCUT2D eigenvalue weighted by Gasteiger charge is -2.13. The summed E-state index contributed by atoms with van der Waals surface area (Å²) in [6.45, 7) is 1.96. The van der Waals surface area contributed by atoms with E-state index in [1.54, 1.807) is 6.08 Å². The van der Waals surface area contributed by atoms with Gasteiger partial charge in [0.1, 0.15) is 0 Å². The number of benzene rings is 2. The number of rotatable bonds is 6. The van der Waals surface area contributed by atoms with E-state index in [0.717, 1.165) is 39.2 Å². The van der Waals surface area contributed by atoms with E-state index in [0.29, 0.717) is 4.91 Å². The number of nitrogens with zero attached hydrogens (tertiary/aromatic N) is 2. The summed E-state index contributed by atoms with van der Waals surface area (Å²) in [6.07, 6.45) is 1.76. The lowest BCUT2D eigenvalue weighted by atomic mass is 10.2. The van der Waals surface area contributed by atoms with Crippen LogP contribution in [0.5, 0.6) is 0 Å². The van der Waals surface area contributed by atoms with Gasteiger partial charge in [-0.3, -0.25) is 19.3 Å². The van der Waals surface area contributed by atoms with Crippen molar-refractivity contribution in [1.29, 1.82) is 0 Å². The predicted octanol–water partition coefficient (Wildman–Crippen LogP) is 4.13. The van der Waals surface area contributed by atoms with Gasteiger partial charge in [0.05, 0.1) is 4.91 Å². The van der Waals surface area contributed by atoms with E-state index in [4.69, 9.17) is 0 Å². The summed E-state index contributed by atoms with van der Waals surface area (Å²) in [4.78, 5) is 40.5. The fourth-order valence-electron chi connectivity index (χ4n) is 2.85. The summed E-state index contributed by atoms with van der Waals surface area (Å²) >= 11 is 0.902. The van der Waals surface area contributed by atoms with Crippen LogP contribution in [0.25, 0.3) is 6.08 Å². The summed E-state index contributed by atoms with van der Waals surface area (Å²) in [5.74, 6) is -0.595. The second kappa shape index (κ2) is 8.96. The largest absolute Gasteiger partial charge is 0.378 e. The SMILES string of the molecule is Cc1ccccc1NC(=O)CCN1C(=O)S/C(=C\c2ccc(N(C)C)cc2)C1=O. The van der Waals surface area contributed by atoms with Crippen LogP contribution in [0.2, 0.25) is 0 Å². The van der Waals surface area contributed by atoms with Gasteiger partial charge in [-0.25, -0.2) is 0 Å². The Morgan fingerprint density at radius 3 is 2.45 bits per heavy atom. The molecular weight excluding hydrogens is 386 g/mol. The van der Waals surface area contributed by atoms with Crippen LogP contribution in [0.1, 0.15) is 17.5 Å². The monoisotopic (exact) mass is 409 g/mol. The standard InChI is InChI=1S/C22H23N3O3S/c1-15-6-4-5-7-18(15)23-20(26)12-13-25-21(27)19(29-22(25)28)14-16-8-10-17(11-9-16)24(2)3/h4-11,14H,12-13H2,1-3H3,(H,23,26)/b19-14-. The molecule has 150 valence electrons. The Morgan fingerprint density at radius 1 is 1.10 bits per heavy atom. The smallest absolute Gasteiger partial charge is 0.293 e. The number of thioether (sulfide) groups is 1. The van der Waals surface area contributed by atoms with Crippen LogP contribution < -0.4 is 10.2 Å². The Labute approximate surface area is 174 Å². The normalized spacial score (nSPS) is 15.1. The lowest BCUT2D eigenvalue weighted by molar-refractivity contribution is -0.123. The molecule has 1 saturated heterocycles. The molecule has 0 aliphatic carbocycles. The van der Waals surface area contributed by atoms with Crippen molar-refractivity contribution in [3.8, 4) is 0 Å². The van der Waals surface area contributed by atoms with Crippen LogP contribution in [0.15, 0.2) is 53.4 Å². The molecule has 0 spiro atoms. The van der Waals surface area contributed by atoms with Crippen molar-refractivity contribution in [3.63, 3.8) is 0 Å². The molecule has 1 N–H and O–H groups in total. The lowest BCUT2D eigenvalue weighted by Crippen LogP contribution is -2.31. The highest BCUT2D eigenvalue weighted by Crippen LogP contribution is 2.32. The van der Waals surface area contributed by atoms with Gasteiger partial charge < -0.3 is 10.2 Å². The zero-order chi connectivity index (χ0) is 21.0. The molecule has 2 aromatic carbocycles. The molecule has 0 saturated carbocycles. The van der Waals surface area contributed by atoms with Gasteiger partial charge in [-0.05, 0) is 54.1 Å². The maximum atomic E-state index is 12.6. The number of para-hydroxylation sites is 1. The molecule has 6 nitrogen and oxygen atoms in total. The molecular formula is C22H23N3O3S. The van der Waals surface area contributed by atoms with Crippen molar-refractivity contribution < 1.29 is 14.4 Å². The van der Waals surface area contributed by atoms with Gasteiger partial charge in [0.25, 0.3) is 11.1 Å². The van der Waals surface area contributed by atoms with Gasteiger partial charge in [0.15, 0.2) is 0 Å². The van der Waals surface area contributed by atoms with Crippen molar-refractivity contribution in [2.75, 3.05) is 30.9 Å². The number of anilines is 2. The summed E-state index contributed by atoms with van der Waals surface area (Å²) in [7, 11) is 3.91. The first-order chi connectivity index (χ1) is 13.8. The molecule has 3 rings (SSSR count). The Hall–Kier alpha value is -3.06. The quantitative estimate of drug-likeness (QED) is 0.727. The van der Waals surface area contributed by atoms with Crippen LogP contribution in [0.4, 0.5) is 16.2 Å². The molecule has 1 heterocycles. The van der Waals surface area contributed by atoms with Crippen molar-refractivity contribution in [2.24, 2.45) is 0 Å². The van der Waals surface area contributed by atoms with Gasteiger partial charge in [0, 0.05) is 38.4 Å². The Bertz CT molecular complexity index is 968. The van der Waals surface area contributed by atoms with Crippen LogP contribution >= 0.6 is 11.8 Å². The Morgan fingerprint density at radius 2 is 1.79 bits per heavy atom. The van der Waals surface area contributed by atoms with Crippen molar-refractivity contribution in [1.82, 2.24) is 4.90 Å². The van der Waals surface area contributed by atoms with Gasteiger partial charge in [-0.15, -0.1) is 0 Å². The van der Waals surface area contributed by atoms with E-state index in [1.165, 1.54) is 0 Å². The molecule has 1 fully saturated rings. The number of aryl methyl sites for hydroxylation is 1. The molecule has 1 aliphatic rings. The average Bonchev–Trinajstić information content (AvgIpc) is 2.95. The first-order valence-corrected chi connectivity index (χ1v) is 10.0. The van der Waals surface area contributed by atoms with Gasteiger partial charge in [-0.1, -0.05) is 30.3 Å². The molecule has 3 amide bonds. The highest BCUT2D eigenvalue weighted by atomic mass is 32.2. The van der Waals surface area contributed by atoms with Crippen molar-refractivity contribution >= 4 is 46.3 Å². The summed E-state index contributed by atoms with van der Waals surface area (Å²) in [5.41, 5.74) is 3.58. The Kier molecular flexibility index (Phi) is 6.39. The molecule has 0 atom stereocenters. The molecule has 1 aliphatic heterocycles. The van der Waals surface area contributed by atoms with Crippen molar-refractivity contribution in [3.05, 3.63) is 64.6 Å². The van der Waals surface area contributed by atoms with Gasteiger partial charge >= 0.3 is 0 Å².